The molecule has 1 N–H and O–H groups in total. The zero-order valence-corrected chi connectivity index (χ0v) is 17.2. The third-order valence-electron chi connectivity index (χ3n) is 6.67. The molecule has 0 bridgehead atoms. The fourth-order valence-corrected chi connectivity index (χ4v) is 4.87. The van der Waals surface area contributed by atoms with E-state index in [2.05, 4.69) is 12.2 Å². The second-order valence-electron chi connectivity index (χ2n) is 8.65. The van der Waals surface area contributed by atoms with Crippen LogP contribution in [0, 0.1) is 0 Å². The number of nitrogens with one attached hydrogen (secondary N) is 1. The van der Waals surface area contributed by atoms with Crippen molar-refractivity contribution in [1.29, 1.82) is 0 Å². The predicted octanol–water partition coefficient (Wildman–Crippen LogP) is 4.09. The van der Waals surface area contributed by atoms with Gasteiger partial charge in [-0.3, -0.25) is 9.59 Å². The second-order valence-corrected chi connectivity index (χ2v) is 8.65. The average molecular weight is 386 g/mol. The van der Waals surface area contributed by atoms with Crippen molar-refractivity contribution in [3.05, 3.63) is 24.1 Å². The molecule has 0 spiro atoms. The lowest BCUT2D eigenvalue weighted by molar-refractivity contribution is -0.135. The lowest BCUT2D eigenvalue weighted by Gasteiger charge is -2.47. The Bertz CT molecular complexity index is 875. The van der Waals surface area contributed by atoms with Crippen LogP contribution in [-0.4, -0.2) is 38.9 Å². The van der Waals surface area contributed by atoms with E-state index in [4.69, 9.17) is 4.42 Å². The van der Waals surface area contributed by atoms with Crippen molar-refractivity contribution in [2.24, 2.45) is 0 Å². The van der Waals surface area contributed by atoms with Crippen molar-refractivity contribution in [3.63, 3.8) is 0 Å². The van der Waals surface area contributed by atoms with Crippen molar-refractivity contribution in [1.82, 2.24) is 14.8 Å². The van der Waals surface area contributed by atoms with Crippen molar-refractivity contribution < 1.29 is 14.0 Å². The van der Waals surface area contributed by atoms with E-state index in [9.17, 15) is 9.59 Å². The Kier molecular flexibility index (Phi) is 4.98. The first-order chi connectivity index (χ1) is 13.5. The highest BCUT2D eigenvalue weighted by atomic mass is 16.3. The van der Waals surface area contributed by atoms with E-state index in [1.54, 1.807) is 17.2 Å². The highest BCUT2D eigenvalue weighted by Crippen LogP contribution is 2.35. The summed E-state index contributed by atoms with van der Waals surface area (Å²) in [5, 5.41) is 3.29. The molecule has 6 nitrogen and oxygen atoms in total. The van der Waals surface area contributed by atoms with Gasteiger partial charge in [-0.1, -0.05) is 32.6 Å². The Balaban J connectivity index is 1.70. The molecule has 6 heteroatoms. The molecule has 0 aromatic carbocycles. The molecule has 3 heterocycles. The Morgan fingerprint density at radius 2 is 2.04 bits per heavy atom. The number of amides is 2. The van der Waals surface area contributed by atoms with Gasteiger partial charge in [-0.2, -0.15) is 0 Å². The van der Waals surface area contributed by atoms with E-state index in [-0.39, 0.29) is 23.9 Å². The maximum absolute atomic E-state index is 13.5. The van der Waals surface area contributed by atoms with Gasteiger partial charge in [-0.05, 0) is 33.1 Å². The van der Waals surface area contributed by atoms with E-state index in [1.807, 2.05) is 24.5 Å². The molecule has 4 rings (SSSR count). The fraction of sp³-hybridized carbons (Fsp3) is 0.636. The standard InChI is InChI=1S/C22H31N3O3/c1-4-15(2)25-20(26)18-13-19-17(11-12-28-19)24(18)14-22(25,3)21(27)23-16-9-7-5-6-8-10-16/h11-13,15-16H,4-10,14H2,1-3H3,(H,23,27)/t15-,22-/m1/s1. The number of carbonyl (C=O) groups excluding carboxylic acids is 2. The monoisotopic (exact) mass is 385 g/mol. The molecule has 0 unspecified atom stereocenters. The Morgan fingerprint density at radius 3 is 2.71 bits per heavy atom. The first-order valence-electron chi connectivity index (χ1n) is 10.7. The highest BCUT2D eigenvalue weighted by Gasteiger charge is 2.49. The summed E-state index contributed by atoms with van der Waals surface area (Å²) in [5.41, 5.74) is 1.26. The molecule has 2 aromatic heterocycles. The summed E-state index contributed by atoms with van der Waals surface area (Å²) in [6, 6.07) is 3.86. The Hall–Kier alpha value is -2.24. The molecular formula is C22H31N3O3. The molecule has 2 aromatic rings. The van der Waals surface area contributed by atoms with Crippen LogP contribution in [0.25, 0.3) is 11.1 Å². The van der Waals surface area contributed by atoms with Gasteiger partial charge in [0.25, 0.3) is 5.91 Å². The number of hydrogen-bond donors (Lipinski definition) is 1. The zero-order chi connectivity index (χ0) is 19.9. The van der Waals surface area contributed by atoms with Crippen LogP contribution in [0.4, 0.5) is 0 Å². The average Bonchev–Trinajstić information content (AvgIpc) is 3.16. The van der Waals surface area contributed by atoms with Crippen LogP contribution >= 0.6 is 0 Å². The number of fused-ring (bicyclic) bond motifs is 3. The third kappa shape index (κ3) is 3.03. The molecule has 1 saturated carbocycles. The number of hydrogen-bond acceptors (Lipinski definition) is 3. The second kappa shape index (κ2) is 7.30. The topological polar surface area (TPSA) is 67.5 Å². The smallest absolute Gasteiger partial charge is 0.271 e. The fourth-order valence-electron chi connectivity index (χ4n) is 4.87. The van der Waals surface area contributed by atoms with E-state index in [0.29, 0.717) is 17.8 Å². The molecule has 1 aliphatic heterocycles. The quantitative estimate of drug-likeness (QED) is 0.806. The number of aromatic nitrogens is 1. The van der Waals surface area contributed by atoms with Gasteiger partial charge in [-0.25, -0.2) is 0 Å². The molecule has 0 saturated heterocycles. The van der Waals surface area contributed by atoms with Crippen molar-refractivity contribution in [3.8, 4) is 0 Å². The van der Waals surface area contributed by atoms with Gasteiger partial charge >= 0.3 is 0 Å². The van der Waals surface area contributed by atoms with Gasteiger partial charge in [0, 0.05) is 24.2 Å². The van der Waals surface area contributed by atoms with Crippen LogP contribution in [0.1, 0.15) is 76.2 Å². The zero-order valence-electron chi connectivity index (χ0n) is 17.2. The van der Waals surface area contributed by atoms with Crippen LogP contribution in [0.3, 0.4) is 0 Å². The van der Waals surface area contributed by atoms with Crippen LogP contribution in [-0.2, 0) is 11.3 Å². The minimum atomic E-state index is -0.922. The van der Waals surface area contributed by atoms with E-state index < -0.39 is 5.54 Å². The van der Waals surface area contributed by atoms with E-state index in [0.717, 1.165) is 37.6 Å². The van der Waals surface area contributed by atoms with Gasteiger partial charge in [0.15, 0.2) is 5.58 Å². The summed E-state index contributed by atoms with van der Waals surface area (Å²) in [6.45, 7) is 6.44. The first-order valence-corrected chi connectivity index (χ1v) is 10.7. The molecule has 1 fully saturated rings. The summed E-state index contributed by atoms with van der Waals surface area (Å²) in [6.07, 6.45) is 9.29. The Morgan fingerprint density at radius 1 is 1.32 bits per heavy atom. The minimum absolute atomic E-state index is 0.0210. The van der Waals surface area contributed by atoms with E-state index in [1.165, 1.54) is 12.8 Å². The molecule has 152 valence electrons. The highest BCUT2D eigenvalue weighted by molar-refractivity contribution is 6.03. The molecular weight excluding hydrogens is 354 g/mol. The molecule has 1 aliphatic carbocycles. The maximum atomic E-state index is 13.5. The largest absolute Gasteiger partial charge is 0.463 e. The lowest BCUT2D eigenvalue weighted by Crippen LogP contribution is -2.66. The van der Waals surface area contributed by atoms with Crippen molar-refractivity contribution in [2.75, 3.05) is 0 Å². The van der Waals surface area contributed by atoms with Crippen LogP contribution in [0.15, 0.2) is 22.8 Å². The van der Waals surface area contributed by atoms with Crippen molar-refractivity contribution in [2.45, 2.75) is 89.9 Å². The number of rotatable bonds is 4. The normalized spacial score (nSPS) is 24.8. The van der Waals surface area contributed by atoms with Gasteiger partial charge < -0.3 is 19.2 Å². The van der Waals surface area contributed by atoms with Crippen LogP contribution in [0.2, 0.25) is 0 Å². The maximum Gasteiger partial charge on any atom is 0.271 e. The molecule has 0 radical (unpaired) electrons. The summed E-state index contributed by atoms with van der Waals surface area (Å²) in [4.78, 5) is 28.8. The predicted molar refractivity (Wildman–Crippen MR) is 108 cm³/mol. The number of nitrogens with zero attached hydrogens (tertiary/aromatic N) is 2. The molecule has 2 atom stereocenters. The van der Waals surface area contributed by atoms with E-state index >= 15 is 0 Å². The van der Waals surface area contributed by atoms with Crippen molar-refractivity contribution >= 4 is 22.9 Å². The molecule has 2 aliphatic rings. The first kappa shape index (κ1) is 19.1. The number of carbonyl (C=O) groups is 2. The summed E-state index contributed by atoms with van der Waals surface area (Å²) < 4.78 is 7.46. The third-order valence-corrected chi connectivity index (χ3v) is 6.67. The van der Waals surface area contributed by atoms with Crippen LogP contribution < -0.4 is 5.32 Å². The summed E-state index contributed by atoms with van der Waals surface area (Å²) >= 11 is 0. The van der Waals surface area contributed by atoms with Gasteiger partial charge in [-0.15, -0.1) is 0 Å². The molecule has 28 heavy (non-hydrogen) atoms. The number of furan rings is 1. The summed E-state index contributed by atoms with van der Waals surface area (Å²) in [7, 11) is 0. The minimum Gasteiger partial charge on any atom is -0.463 e. The molecule has 2 amide bonds. The summed E-state index contributed by atoms with van der Waals surface area (Å²) in [5.74, 6) is -0.130. The van der Waals surface area contributed by atoms with Gasteiger partial charge in [0.2, 0.25) is 5.91 Å². The lowest BCUT2D eigenvalue weighted by atomic mass is 9.91. The SMILES string of the molecule is CC[C@@H](C)N1C(=O)c2cc3occc3n2C[C@]1(C)C(=O)NC1CCCCCC1. The van der Waals surface area contributed by atoms with Crippen LogP contribution in [0.5, 0.6) is 0 Å². The Labute approximate surface area is 166 Å². The van der Waals surface area contributed by atoms with Gasteiger partial charge in [0.05, 0.1) is 18.3 Å². The van der Waals surface area contributed by atoms with Gasteiger partial charge in [0.1, 0.15) is 11.2 Å².